The predicted molar refractivity (Wildman–Crippen MR) is 133 cm³/mol. The van der Waals surface area contributed by atoms with E-state index < -0.39 is 0 Å². The van der Waals surface area contributed by atoms with Gasteiger partial charge in [-0.3, -0.25) is 0 Å². The van der Waals surface area contributed by atoms with Crippen LogP contribution < -0.4 is 0 Å². The monoisotopic (exact) mass is 406 g/mol. The fourth-order valence-electron chi connectivity index (χ4n) is 5.49. The van der Waals surface area contributed by atoms with Crippen LogP contribution >= 0.6 is 0 Å². The number of benzene rings is 5. The molecule has 2 nitrogen and oxygen atoms in total. The summed E-state index contributed by atoms with van der Waals surface area (Å²) < 4.78 is 2.43. The number of para-hydroxylation sites is 2. The summed E-state index contributed by atoms with van der Waals surface area (Å²) >= 11 is 0. The molecule has 0 aliphatic carbocycles. The quantitative estimate of drug-likeness (QED) is 0.273. The Bertz CT molecular complexity index is 1900. The van der Waals surface area contributed by atoms with Crippen molar-refractivity contribution in [2.24, 2.45) is 0 Å². The largest absolute Gasteiger partial charge is 0.308 e. The minimum absolute atomic E-state index is 0.688. The van der Waals surface area contributed by atoms with E-state index in [0.717, 1.165) is 5.56 Å². The number of aromatic nitrogens is 1. The maximum absolute atomic E-state index is 9.60. The molecule has 148 valence electrons. The lowest BCUT2D eigenvalue weighted by atomic mass is 9.90. The van der Waals surface area contributed by atoms with Crippen LogP contribution in [-0.4, -0.2) is 4.40 Å². The standard InChI is InChI=1S/C30H18N2/c1-18-13-14-19(17-31)15-25(18)28-21-8-3-2-7-20(21)16-27-29(28)24-11-6-10-23-22-9-4-5-12-26(22)32(27)30(23)24/h2-16H,1H3. The van der Waals surface area contributed by atoms with Crippen LogP contribution in [0.25, 0.3) is 60.0 Å². The zero-order chi connectivity index (χ0) is 21.4. The van der Waals surface area contributed by atoms with Gasteiger partial charge in [0.1, 0.15) is 0 Å². The number of hydrogen-bond acceptors (Lipinski definition) is 1. The molecular formula is C30H18N2. The van der Waals surface area contributed by atoms with Crippen LogP contribution in [0.3, 0.4) is 0 Å². The molecule has 2 heterocycles. The highest BCUT2D eigenvalue weighted by atomic mass is 14.9. The Balaban J connectivity index is 1.83. The minimum atomic E-state index is 0.688. The van der Waals surface area contributed by atoms with Crippen LogP contribution in [-0.2, 0) is 0 Å². The number of rotatable bonds is 1. The Hall–Kier alpha value is -4.35. The fraction of sp³-hybridized carbons (Fsp3) is 0.0333. The van der Waals surface area contributed by atoms with Crippen LogP contribution in [0.4, 0.5) is 0 Å². The molecule has 7 rings (SSSR count). The Morgan fingerprint density at radius 1 is 0.688 bits per heavy atom. The first-order valence-corrected chi connectivity index (χ1v) is 10.9. The average Bonchev–Trinajstić information content (AvgIpc) is 3.35. The van der Waals surface area contributed by atoms with Gasteiger partial charge in [-0.05, 0) is 58.7 Å². The van der Waals surface area contributed by atoms with Gasteiger partial charge in [-0.1, -0.05) is 66.7 Å². The molecule has 0 atom stereocenters. The number of hydrogen-bond donors (Lipinski definition) is 0. The Labute approximate surface area is 184 Å². The van der Waals surface area contributed by atoms with Crippen molar-refractivity contribution in [2.75, 3.05) is 0 Å². The van der Waals surface area contributed by atoms with Crippen molar-refractivity contribution < 1.29 is 0 Å². The molecule has 0 unspecified atom stereocenters. The lowest BCUT2D eigenvalue weighted by molar-refractivity contribution is 1.37. The summed E-state index contributed by atoms with van der Waals surface area (Å²) in [6.45, 7) is 2.13. The maximum Gasteiger partial charge on any atom is 0.0991 e. The topological polar surface area (TPSA) is 28.2 Å². The first-order valence-electron chi connectivity index (χ1n) is 10.9. The molecule has 0 fully saturated rings. The van der Waals surface area contributed by atoms with Gasteiger partial charge in [0, 0.05) is 21.5 Å². The van der Waals surface area contributed by atoms with Crippen molar-refractivity contribution in [3.05, 3.63) is 102 Å². The second kappa shape index (κ2) is 6.09. The van der Waals surface area contributed by atoms with E-state index in [4.69, 9.17) is 0 Å². The third kappa shape index (κ3) is 2.08. The second-order valence-corrected chi connectivity index (χ2v) is 8.56. The third-order valence-electron chi connectivity index (χ3n) is 6.87. The molecule has 0 N–H and O–H groups in total. The number of nitrogens with zero attached hydrogens (tertiary/aromatic N) is 2. The van der Waals surface area contributed by atoms with Crippen molar-refractivity contribution in [3.8, 4) is 17.2 Å². The molecule has 0 spiro atoms. The number of fused-ring (bicyclic) bond motifs is 7. The highest BCUT2D eigenvalue weighted by molar-refractivity contribution is 6.29. The molecular weight excluding hydrogens is 388 g/mol. The summed E-state index contributed by atoms with van der Waals surface area (Å²) in [4.78, 5) is 0. The zero-order valence-electron chi connectivity index (χ0n) is 17.6. The van der Waals surface area contributed by atoms with Crippen LogP contribution in [0.5, 0.6) is 0 Å². The molecule has 0 aliphatic heterocycles. The molecule has 0 amide bonds. The summed E-state index contributed by atoms with van der Waals surface area (Å²) in [6.07, 6.45) is 0. The molecule has 0 bridgehead atoms. The average molecular weight is 406 g/mol. The number of aryl methyl sites for hydroxylation is 1. The van der Waals surface area contributed by atoms with E-state index in [1.54, 1.807) is 0 Å². The summed E-state index contributed by atoms with van der Waals surface area (Å²) in [6, 6.07) is 34.6. The molecule has 2 aromatic heterocycles. The van der Waals surface area contributed by atoms with Gasteiger partial charge in [-0.25, -0.2) is 0 Å². The minimum Gasteiger partial charge on any atom is -0.308 e. The van der Waals surface area contributed by atoms with E-state index >= 15 is 0 Å². The van der Waals surface area contributed by atoms with Crippen molar-refractivity contribution in [1.82, 2.24) is 4.40 Å². The van der Waals surface area contributed by atoms with Crippen LogP contribution in [0.15, 0.2) is 91.0 Å². The van der Waals surface area contributed by atoms with E-state index in [-0.39, 0.29) is 0 Å². The Morgan fingerprint density at radius 3 is 2.31 bits per heavy atom. The van der Waals surface area contributed by atoms with Crippen LogP contribution in [0, 0.1) is 18.3 Å². The van der Waals surface area contributed by atoms with Gasteiger partial charge in [-0.2, -0.15) is 5.26 Å². The normalized spacial score (nSPS) is 11.9. The first-order chi connectivity index (χ1) is 15.8. The molecule has 32 heavy (non-hydrogen) atoms. The Kier molecular flexibility index (Phi) is 3.30. The van der Waals surface area contributed by atoms with Crippen LogP contribution in [0.2, 0.25) is 0 Å². The van der Waals surface area contributed by atoms with Crippen LogP contribution in [0.1, 0.15) is 11.1 Å². The van der Waals surface area contributed by atoms with Gasteiger partial charge in [0.25, 0.3) is 0 Å². The molecule has 5 aromatic carbocycles. The van der Waals surface area contributed by atoms with Gasteiger partial charge in [0.2, 0.25) is 0 Å². The molecule has 7 aromatic rings. The van der Waals surface area contributed by atoms with E-state index in [2.05, 4.69) is 96.3 Å². The van der Waals surface area contributed by atoms with Crippen molar-refractivity contribution in [1.29, 1.82) is 5.26 Å². The fourth-order valence-corrected chi connectivity index (χ4v) is 5.49. The van der Waals surface area contributed by atoms with Gasteiger partial charge in [-0.15, -0.1) is 0 Å². The van der Waals surface area contributed by atoms with Gasteiger partial charge in [0.05, 0.1) is 28.2 Å². The van der Waals surface area contributed by atoms with Crippen molar-refractivity contribution in [2.45, 2.75) is 6.92 Å². The van der Waals surface area contributed by atoms with Gasteiger partial charge >= 0.3 is 0 Å². The van der Waals surface area contributed by atoms with Gasteiger partial charge in [0.15, 0.2) is 0 Å². The first kappa shape index (κ1) is 17.3. The lowest BCUT2D eigenvalue weighted by Crippen LogP contribution is -1.90. The second-order valence-electron chi connectivity index (χ2n) is 8.56. The zero-order valence-corrected chi connectivity index (χ0v) is 17.6. The van der Waals surface area contributed by atoms with Crippen molar-refractivity contribution in [3.63, 3.8) is 0 Å². The van der Waals surface area contributed by atoms with Crippen molar-refractivity contribution >= 4 is 48.9 Å². The van der Waals surface area contributed by atoms with Gasteiger partial charge < -0.3 is 4.40 Å². The summed E-state index contributed by atoms with van der Waals surface area (Å²) in [5.41, 5.74) is 7.93. The highest BCUT2D eigenvalue weighted by Gasteiger charge is 2.22. The molecule has 2 heteroatoms. The van der Waals surface area contributed by atoms with E-state index in [0.29, 0.717) is 5.56 Å². The SMILES string of the molecule is Cc1ccc(C#N)cc1-c1c2ccccc2cc2c1c1cccc3c4ccccc4n2c31. The summed E-state index contributed by atoms with van der Waals surface area (Å²) in [7, 11) is 0. The molecule has 0 saturated heterocycles. The smallest absolute Gasteiger partial charge is 0.0991 e. The lowest BCUT2D eigenvalue weighted by Gasteiger charge is -2.13. The van der Waals surface area contributed by atoms with E-state index in [1.165, 1.54) is 60.0 Å². The van der Waals surface area contributed by atoms with E-state index in [9.17, 15) is 5.26 Å². The molecule has 0 aliphatic rings. The molecule has 0 radical (unpaired) electrons. The predicted octanol–water partition coefficient (Wildman–Crippen LogP) is 7.84. The summed E-state index contributed by atoms with van der Waals surface area (Å²) in [5.74, 6) is 0. The maximum atomic E-state index is 9.60. The number of nitriles is 1. The highest BCUT2D eigenvalue weighted by Crippen LogP contribution is 2.46. The Morgan fingerprint density at radius 2 is 1.44 bits per heavy atom. The molecule has 0 saturated carbocycles. The summed E-state index contributed by atoms with van der Waals surface area (Å²) in [5, 5.41) is 17.1. The third-order valence-corrected chi connectivity index (χ3v) is 6.87. The van der Waals surface area contributed by atoms with E-state index in [1.807, 2.05) is 12.1 Å².